The third-order valence-corrected chi connectivity index (χ3v) is 3.53. The molecule has 3 aromatic rings. The van der Waals surface area contributed by atoms with Gasteiger partial charge in [-0.2, -0.15) is 5.10 Å². The van der Waals surface area contributed by atoms with Crippen molar-refractivity contribution in [1.82, 2.24) is 20.2 Å². The smallest absolute Gasteiger partial charge is 0.262 e. The average molecular weight is 276 g/mol. The van der Waals surface area contributed by atoms with Crippen LogP contribution in [0.1, 0.15) is 5.56 Å². The molecule has 0 saturated carbocycles. The molecule has 2 N–H and O–H groups in total. The second-order valence-corrected chi connectivity index (χ2v) is 4.88. The zero-order valence-electron chi connectivity index (χ0n) is 9.68. The molecule has 0 radical (unpaired) electrons. The molecule has 3 rings (SSSR count). The quantitative estimate of drug-likeness (QED) is 0.567. The molecule has 2 aromatic heterocycles. The van der Waals surface area contributed by atoms with Gasteiger partial charge in [-0.05, 0) is 17.7 Å². The minimum Gasteiger partial charge on any atom is -0.301 e. The number of halogens is 1. The van der Waals surface area contributed by atoms with Crippen molar-refractivity contribution in [3.05, 3.63) is 52.2 Å². The second-order valence-electron chi connectivity index (χ2n) is 3.92. The van der Waals surface area contributed by atoms with Crippen molar-refractivity contribution in [2.75, 3.05) is 0 Å². The SMILES string of the molecule is O=c1[nH]c(SCc2ccc(F)cc2)nc2[nH]ncc12. The lowest BCUT2D eigenvalue weighted by atomic mass is 10.2. The molecule has 7 heteroatoms. The predicted octanol–water partition coefficient (Wildman–Crippen LogP) is 2.08. The van der Waals surface area contributed by atoms with Gasteiger partial charge in [-0.15, -0.1) is 0 Å². The van der Waals surface area contributed by atoms with Crippen LogP contribution in [0.2, 0.25) is 0 Å². The first-order valence-electron chi connectivity index (χ1n) is 5.53. The Morgan fingerprint density at radius 3 is 2.84 bits per heavy atom. The van der Waals surface area contributed by atoms with E-state index in [-0.39, 0.29) is 11.4 Å². The van der Waals surface area contributed by atoms with E-state index < -0.39 is 0 Å². The van der Waals surface area contributed by atoms with Crippen LogP contribution in [0.25, 0.3) is 11.0 Å². The fraction of sp³-hybridized carbons (Fsp3) is 0.0833. The first-order chi connectivity index (χ1) is 9.22. The van der Waals surface area contributed by atoms with E-state index in [9.17, 15) is 9.18 Å². The van der Waals surface area contributed by atoms with Crippen LogP contribution < -0.4 is 5.56 Å². The number of aromatic amines is 2. The summed E-state index contributed by atoms with van der Waals surface area (Å²) in [4.78, 5) is 18.6. The van der Waals surface area contributed by atoms with Crippen LogP contribution >= 0.6 is 11.8 Å². The molecule has 0 saturated heterocycles. The van der Waals surface area contributed by atoms with Crippen LogP contribution in [0.3, 0.4) is 0 Å². The third-order valence-electron chi connectivity index (χ3n) is 2.59. The van der Waals surface area contributed by atoms with Crippen molar-refractivity contribution in [1.29, 1.82) is 0 Å². The zero-order valence-corrected chi connectivity index (χ0v) is 10.5. The normalized spacial score (nSPS) is 11.0. The van der Waals surface area contributed by atoms with E-state index in [4.69, 9.17) is 0 Å². The molecule has 5 nitrogen and oxygen atoms in total. The number of nitrogens with zero attached hydrogens (tertiary/aromatic N) is 2. The Kier molecular flexibility index (Phi) is 3.04. The van der Waals surface area contributed by atoms with Crippen LogP contribution in [-0.4, -0.2) is 20.2 Å². The lowest BCUT2D eigenvalue weighted by Gasteiger charge is -2.01. The molecule has 19 heavy (non-hydrogen) atoms. The average Bonchev–Trinajstić information content (AvgIpc) is 2.87. The molecular weight excluding hydrogens is 267 g/mol. The Bertz CT molecular complexity index is 765. The van der Waals surface area contributed by atoms with Gasteiger partial charge in [-0.1, -0.05) is 23.9 Å². The lowest BCUT2D eigenvalue weighted by Crippen LogP contribution is -2.08. The molecule has 0 aliphatic carbocycles. The van der Waals surface area contributed by atoms with Gasteiger partial charge in [-0.3, -0.25) is 9.89 Å². The molecule has 0 spiro atoms. The van der Waals surface area contributed by atoms with Crippen molar-refractivity contribution >= 4 is 22.8 Å². The molecule has 0 fully saturated rings. The molecule has 0 amide bonds. The number of nitrogens with one attached hydrogen (secondary N) is 2. The first-order valence-corrected chi connectivity index (χ1v) is 6.51. The minimum absolute atomic E-state index is 0.222. The number of hydrogen-bond acceptors (Lipinski definition) is 4. The standard InChI is InChI=1S/C12H9FN4OS/c13-8-3-1-7(2-4-8)6-19-12-15-10-9(5-14-17-10)11(18)16-12/h1-5H,6H2,(H2,14,15,16,17,18). The highest BCUT2D eigenvalue weighted by molar-refractivity contribution is 7.98. The summed E-state index contributed by atoms with van der Waals surface area (Å²) in [5, 5.41) is 7.38. The van der Waals surface area contributed by atoms with Crippen LogP contribution in [0.5, 0.6) is 0 Å². The van der Waals surface area contributed by atoms with Crippen molar-refractivity contribution < 1.29 is 4.39 Å². The van der Waals surface area contributed by atoms with Gasteiger partial charge in [-0.25, -0.2) is 9.37 Å². The summed E-state index contributed by atoms with van der Waals surface area (Å²) in [6.45, 7) is 0. The number of fused-ring (bicyclic) bond motifs is 1. The number of H-pyrrole nitrogens is 2. The fourth-order valence-electron chi connectivity index (χ4n) is 1.63. The minimum atomic E-state index is -0.265. The zero-order chi connectivity index (χ0) is 13.2. The van der Waals surface area contributed by atoms with Crippen molar-refractivity contribution in [2.45, 2.75) is 10.9 Å². The van der Waals surface area contributed by atoms with Gasteiger partial charge in [0.15, 0.2) is 10.8 Å². The Labute approximate surface area is 111 Å². The fourth-order valence-corrected chi connectivity index (χ4v) is 2.44. The van der Waals surface area contributed by atoms with Gasteiger partial charge in [0.05, 0.1) is 6.20 Å². The number of benzene rings is 1. The van der Waals surface area contributed by atoms with Crippen LogP contribution in [0, 0.1) is 5.82 Å². The van der Waals surface area contributed by atoms with Gasteiger partial charge in [0.2, 0.25) is 0 Å². The Morgan fingerprint density at radius 1 is 1.26 bits per heavy atom. The maximum Gasteiger partial charge on any atom is 0.262 e. The number of aromatic nitrogens is 4. The second kappa shape index (κ2) is 4.85. The van der Waals surface area contributed by atoms with E-state index in [1.165, 1.54) is 30.1 Å². The summed E-state index contributed by atoms with van der Waals surface area (Å²) in [7, 11) is 0. The number of thioether (sulfide) groups is 1. The highest BCUT2D eigenvalue weighted by Gasteiger charge is 2.06. The van der Waals surface area contributed by atoms with E-state index in [2.05, 4.69) is 20.2 Å². The van der Waals surface area contributed by atoms with Crippen LogP contribution in [0.4, 0.5) is 4.39 Å². The molecule has 0 aliphatic heterocycles. The van der Waals surface area contributed by atoms with Crippen LogP contribution in [-0.2, 0) is 5.75 Å². The third kappa shape index (κ3) is 2.50. The summed E-state index contributed by atoms with van der Waals surface area (Å²) in [6.07, 6.45) is 1.44. The number of hydrogen-bond donors (Lipinski definition) is 2. The summed E-state index contributed by atoms with van der Waals surface area (Å²) in [6, 6.07) is 6.22. The number of rotatable bonds is 3. The molecule has 1 aromatic carbocycles. The molecule has 0 atom stereocenters. The van der Waals surface area contributed by atoms with Crippen molar-refractivity contribution in [2.24, 2.45) is 0 Å². The lowest BCUT2D eigenvalue weighted by molar-refractivity contribution is 0.627. The van der Waals surface area contributed by atoms with E-state index in [0.29, 0.717) is 21.9 Å². The summed E-state index contributed by atoms with van der Waals surface area (Å²) in [5.74, 6) is 0.335. The van der Waals surface area contributed by atoms with Crippen LogP contribution in [0.15, 0.2) is 40.4 Å². The van der Waals surface area contributed by atoms with Gasteiger partial charge < -0.3 is 4.98 Å². The van der Waals surface area contributed by atoms with Crippen molar-refractivity contribution in [3.8, 4) is 0 Å². The van der Waals surface area contributed by atoms with E-state index in [0.717, 1.165) is 5.56 Å². The van der Waals surface area contributed by atoms with Gasteiger partial charge in [0.25, 0.3) is 5.56 Å². The van der Waals surface area contributed by atoms with Gasteiger partial charge >= 0.3 is 0 Å². The molecule has 2 heterocycles. The monoisotopic (exact) mass is 276 g/mol. The molecule has 96 valence electrons. The maximum atomic E-state index is 12.8. The highest BCUT2D eigenvalue weighted by Crippen LogP contribution is 2.19. The Morgan fingerprint density at radius 2 is 2.05 bits per heavy atom. The summed E-state index contributed by atoms with van der Waals surface area (Å²) in [5.41, 5.74) is 1.20. The predicted molar refractivity (Wildman–Crippen MR) is 70.5 cm³/mol. The first kappa shape index (κ1) is 11.9. The maximum absolute atomic E-state index is 12.8. The largest absolute Gasteiger partial charge is 0.301 e. The van der Waals surface area contributed by atoms with Gasteiger partial charge in [0, 0.05) is 5.75 Å². The molecule has 0 bridgehead atoms. The van der Waals surface area contributed by atoms with E-state index in [1.54, 1.807) is 12.1 Å². The molecule has 0 unspecified atom stereocenters. The Hall–Kier alpha value is -2.15. The van der Waals surface area contributed by atoms with Crippen molar-refractivity contribution in [3.63, 3.8) is 0 Å². The summed E-state index contributed by atoms with van der Waals surface area (Å²) >= 11 is 1.37. The van der Waals surface area contributed by atoms with E-state index >= 15 is 0 Å². The molecule has 0 aliphatic rings. The van der Waals surface area contributed by atoms with Gasteiger partial charge in [0.1, 0.15) is 11.2 Å². The topological polar surface area (TPSA) is 74.4 Å². The van der Waals surface area contributed by atoms with E-state index in [1.807, 2.05) is 0 Å². The molecular formula is C12H9FN4OS. The Balaban J connectivity index is 1.81. The highest BCUT2D eigenvalue weighted by atomic mass is 32.2. The summed E-state index contributed by atoms with van der Waals surface area (Å²) < 4.78 is 12.8.